The molecule has 0 radical (unpaired) electrons. The van der Waals surface area contributed by atoms with Crippen LogP contribution in [0.4, 0.5) is 0 Å². The van der Waals surface area contributed by atoms with Crippen LogP contribution in [-0.4, -0.2) is 29.3 Å². The Morgan fingerprint density at radius 3 is 1.41 bits per heavy atom. The number of carboxylic acid groups (broad SMARTS) is 1. The molecule has 0 aromatic heterocycles. The van der Waals surface area contributed by atoms with Gasteiger partial charge in [-0.25, -0.2) is 4.79 Å². The maximum absolute atomic E-state index is 11.8. The Bertz CT molecular complexity index is 453. The van der Waals surface area contributed by atoms with Crippen molar-refractivity contribution in [1.29, 1.82) is 0 Å². The van der Waals surface area contributed by atoms with Gasteiger partial charge in [-0.1, -0.05) is 122 Å². The monoisotopic (exact) mass is 453 g/mol. The molecule has 0 spiro atoms. The second kappa shape index (κ2) is 24.3. The van der Waals surface area contributed by atoms with Gasteiger partial charge in [-0.15, -0.1) is 0 Å². The first-order valence-electron chi connectivity index (χ1n) is 13.6. The maximum atomic E-state index is 11.8. The van der Waals surface area contributed by atoms with E-state index in [1.165, 1.54) is 103 Å². The molecule has 0 aliphatic carbocycles. The lowest BCUT2D eigenvalue weighted by Crippen LogP contribution is -2.40. The zero-order valence-electron chi connectivity index (χ0n) is 20.9. The SMILES string of the molecule is CCCCCCCCCCCCCCCCCCCCCC(=O)N[C@@H](CCC=O)C(=O)O. The molecule has 188 valence electrons. The van der Waals surface area contributed by atoms with Gasteiger partial charge in [-0.2, -0.15) is 0 Å². The normalized spacial score (nSPS) is 11.9. The zero-order chi connectivity index (χ0) is 23.7. The lowest BCUT2D eigenvalue weighted by Gasteiger charge is -2.13. The van der Waals surface area contributed by atoms with Gasteiger partial charge in [-0.05, 0) is 12.8 Å². The van der Waals surface area contributed by atoms with Gasteiger partial charge in [-0.3, -0.25) is 4.79 Å². The summed E-state index contributed by atoms with van der Waals surface area (Å²) in [4.78, 5) is 33.3. The van der Waals surface area contributed by atoms with E-state index < -0.39 is 12.0 Å². The predicted octanol–water partition coefficient (Wildman–Crippen LogP) is 7.36. The smallest absolute Gasteiger partial charge is 0.326 e. The molecule has 0 aromatic carbocycles. The Morgan fingerprint density at radius 1 is 0.688 bits per heavy atom. The lowest BCUT2D eigenvalue weighted by molar-refractivity contribution is -0.142. The van der Waals surface area contributed by atoms with Gasteiger partial charge in [0.1, 0.15) is 12.3 Å². The Morgan fingerprint density at radius 2 is 1.06 bits per heavy atom. The van der Waals surface area contributed by atoms with Crippen molar-refractivity contribution < 1.29 is 19.5 Å². The molecule has 0 rings (SSSR count). The summed E-state index contributed by atoms with van der Waals surface area (Å²) < 4.78 is 0. The predicted molar refractivity (Wildman–Crippen MR) is 133 cm³/mol. The first-order chi connectivity index (χ1) is 15.6. The van der Waals surface area contributed by atoms with Crippen LogP contribution in [0.5, 0.6) is 0 Å². The van der Waals surface area contributed by atoms with Crippen LogP contribution < -0.4 is 5.32 Å². The van der Waals surface area contributed by atoms with Crippen molar-refractivity contribution >= 4 is 18.2 Å². The van der Waals surface area contributed by atoms with Crippen LogP contribution in [0.25, 0.3) is 0 Å². The summed E-state index contributed by atoms with van der Waals surface area (Å²) in [5.41, 5.74) is 0. The van der Waals surface area contributed by atoms with Gasteiger partial charge < -0.3 is 15.2 Å². The Balaban J connectivity index is 3.31. The van der Waals surface area contributed by atoms with Crippen LogP contribution in [-0.2, 0) is 14.4 Å². The molecular weight excluding hydrogens is 402 g/mol. The number of hydrogen-bond acceptors (Lipinski definition) is 3. The summed E-state index contributed by atoms with van der Waals surface area (Å²) in [5.74, 6) is -1.30. The molecule has 1 amide bonds. The summed E-state index contributed by atoms with van der Waals surface area (Å²) in [6, 6.07) is -0.951. The van der Waals surface area contributed by atoms with Gasteiger partial charge in [0.05, 0.1) is 0 Å². The number of carboxylic acids is 1. The van der Waals surface area contributed by atoms with E-state index in [9.17, 15) is 14.4 Å². The fourth-order valence-electron chi connectivity index (χ4n) is 4.12. The highest BCUT2D eigenvalue weighted by Crippen LogP contribution is 2.14. The highest BCUT2D eigenvalue weighted by molar-refractivity contribution is 5.83. The van der Waals surface area contributed by atoms with Crippen molar-refractivity contribution in [3.63, 3.8) is 0 Å². The lowest BCUT2D eigenvalue weighted by atomic mass is 10.0. The number of carbonyl (C=O) groups excluding carboxylic acids is 2. The van der Waals surface area contributed by atoms with Crippen molar-refractivity contribution in [2.24, 2.45) is 0 Å². The molecule has 0 aliphatic heterocycles. The number of amides is 1. The van der Waals surface area contributed by atoms with Crippen molar-refractivity contribution in [1.82, 2.24) is 5.32 Å². The number of rotatable bonds is 25. The van der Waals surface area contributed by atoms with Gasteiger partial charge >= 0.3 is 5.97 Å². The molecule has 0 unspecified atom stereocenters. The number of aldehydes is 1. The van der Waals surface area contributed by atoms with Crippen molar-refractivity contribution in [3.05, 3.63) is 0 Å². The number of carbonyl (C=O) groups is 3. The molecule has 0 heterocycles. The quantitative estimate of drug-likeness (QED) is 0.112. The zero-order valence-corrected chi connectivity index (χ0v) is 20.9. The Labute approximate surface area is 197 Å². The van der Waals surface area contributed by atoms with Gasteiger partial charge in [0.25, 0.3) is 0 Å². The molecule has 32 heavy (non-hydrogen) atoms. The van der Waals surface area contributed by atoms with Crippen LogP contribution in [0.3, 0.4) is 0 Å². The van der Waals surface area contributed by atoms with Crippen LogP contribution in [0.15, 0.2) is 0 Å². The second-order valence-corrected chi connectivity index (χ2v) is 9.32. The van der Waals surface area contributed by atoms with E-state index >= 15 is 0 Å². The Hall–Kier alpha value is -1.39. The Kier molecular flexibility index (Phi) is 23.2. The van der Waals surface area contributed by atoms with Gasteiger partial charge in [0, 0.05) is 12.8 Å². The van der Waals surface area contributed by atoms with Crippen LogP contribution in [0, 0.1) is 0 Å². The summed E-state index contributed by atoms with van der Waals surface area (Å²) in [7, 11) is 0. The van der Waals surface area contributed by atoms with Gasteiger partial charge in [0.15, 0.2) is 0 Å². The van der Waals surface area contributed by atoms with E-state index in [-0.39, 0.29) is 18.7 Å². The van der Waals surface area contributed by atoms with Crippen molar-refractivity contribution in [3.8, 4) is 0 Å². The standard InChI is InChI=1S/C27H51NO4/c1-2-3-4-5-6-7-8-9-10-11-12-13-14-15-16-17-18-19-20-23-26(30)28-25(27(31)32)22-21-24-29/h24-25H,2-23H2,1H3,(H,28,30)(H,31,32)/t25-/m0/s1. The molecule has 0 aliphatic rings. The van der Waals surface area contributed by atoms with E-state index in [1.807, 2.05) is 0 Å². The topological polar surface area (TPSA) is 83.5 Å². The minimum Gasteiger partial charge on any atom is -0.480 e. The molecule has 0 aromatic rings. The molecule has 5 nitrogen and oxygen atoms in total. The molecule has 2 N–H and O–H groups in total. The summed E-state index contributed by atoms with van der Waals surface area (Å²) in [6.07, 6.45) is 26.3. The summed E-state index contributed by atoms with van der Waals surface area (Å²) in [6.45, 7) is 2.27. The first kappa shape index (κ1) is 30.6. The molecule has 1 atom stereocenters. The minimum absolute atomic E-state index is 0.149. The number of nitrogens with one attached hydrogen (secondary N) is 1. The van der Waals surface area contributed by atoms with E-state index in [2.05, 4.69) is 12.2 Å². The van der Waals surface area contributed by atoms with E-state index in [1.54, 1.807) is 0 Å². The molecule has 0 fully saturated rings. The third-order valence-corrected chi connectivity index (χ3v) is 6.21. The molecule has 0 bridgehead atoms. The first-order valence-corrected chi connectivity index (χ1v) is 13.6. The average Bonchev–Trinajstić information content (AvgIpc) is 2.78. The van der Waals surface area contributed by atoms with Crippen LogP contribution in [0.2, 0.25) is 0 Å². The van der Waals surface area contributed by atoms with E-state index in [0.29, 0.717) is 12.7 Å². The maximum Gasteiger partial charge on any atom is 0.326 e. The summed E-state index contributed by atoms with van der Waals surface area (Å²) >= 11 is 0. The van der Waals surface area contributed by atoms with E-state index in [0.717, 1.165) is 19.3 Å². The fraction of sp³-hybridized carbons (Fsp3) is 0.889. The van der Waals surface area contributed by atoms with Gasteiger partial charge in [0.2, 0.25) is 5.91 Å². The van der Waals surface area contributed by atoms with E-state index in [4.69, 9.17) is 5.11 Å². The third kappa shape index (κ3) is 21.8. The third-order valence-electron chi connectivity index (χ3n) is 6.21. The molecule has 0 saturated carbocycles. The second-order valence-electron chi connectivity index (χ2n) is 9.32. The highest BCUT2D eigenvalue weighted by Gasteiger charge is 2.18. The minimum atomic E-state index is -1.08. The number of aliphatic carboxylic acids is 1. The number of unbranched alkanes of at least 4 members (excludes halogenated alkanes) is 18. The molecular formula is C27H51NO4. The fourth-order valence-corrected chi connectivity index (χ4v) is 4.12. The van der Waals surface area contributed by atoms with Crippen LogP contribution in [0.1, 0.15) is 148 Å². The highest BCUT2D eigenvalue weighted by atomic mass is 16.4. The van der Waals surface area contributed by atoms with Crippen molar-refractivity contribution in [2.45, 2.75) is 154 Å². The summed E-state index contributed by atoms with van der Waals surface area (Å²) in [5, 5.41) is 11.6. The number of hydrogen-bond donors (Lipinski definition) is 2. The van der Waals surface area contributed by atoms with Crippen LogP contribution >= 0.6 is 0 Å². The molecule has 0 saturated heterocycles. The average molecular weight is 454 g/mol. The molecule has 5 heteroatoms. The van der Waals surface area contributed by atoms with Crippen molar-refractivity contribution in [2.75, 3.05) is 0 Å². The largest absolute Gasteiger partial charge is 0.480 e.